The van der Waals surface area contributed by atoms with Crippen molar-refractivity contribution in [1.29, 1.82) is 0 Å². The van der Waals surface area contributed by atoms with Crippen LogP contribution in [0.4, 0.5) is 19.0 Å². The van der Waals surface area contributed by atoms with Gasteiger partial charge in [0.2, 0.25) is 5.91 Å². The molecule has 2 rings (SSSR count). The Morgan fingerprint density at radius 1 is 1.18 bits per heavy atom. The number of hydrogen-bond acceptors (Lipinski definition) is 4. The predicted molar refractivity (Wildman–Crippen MR) is 110 cm³/mol. The average Bonchev–Trinajstić information content (AvgIpc) is 2.63. The van der Waals surface area contributed by atoms with Gasteiger partial charge in [0, 0.05) is 38.9 Å². The van der Waals surface area contributed by atoms with Crippen LogP contribution in [0.1, 0.15) is 32.3 Å². The third kappa shape index (κ3) is 5.55. The molecule has 162 valence electrons. The van der Waals surface area contributed by atoms with Crippen molar-refractivity contribution in [2.45, 2.75) is 32.9 Å². The highest BCUT2D eigenvalue weighted by Crippen LogP contribution is 2.34. The van der Waals surface area contributed by atoms with Gasteiger partial charge in [0.1, 0.15) is 5.82 Å². The van der Waals surface area contributed by atoms with Crippen LogP contribution in [0.15, 0.2) is 12.3 Å². The van der Waals surface area contributed by atoms with Crippen LogP contribution < -0.4 is 10.6 Å². The standard InChI is InChI=1S/C17H24ClF3N4O.2ClH/c1-3-16(4-2,11-22)15(26)25-7-5-24(6-8-25)14-13(18)9-12(10-23-14)17(19,20)21;;/h9-10H,3-8,11,22H2,1-2H3;2*1H. The Hall–Kier alpha value is -0.960. The molecule has 1 saturated heterocycles. The topological polar surface area (TPSA) is 62.5 Å². The number of anilines is 1. The van der Waals surface area contributed by atoms with E-state index in [1.807, 2.05) is 13.8 Å². The zero-order valence-corrected chi connectivity index (χ0v) is 18.1. The summed E-state index contributed by atoms with van der Waals surface area (Å²) in [6.45, 7) is 6.03. The molecule has 0 saturated carbocycles. The molecule has 1 aliphatic heterocycles. The van der Waals surface area contributed by atoms with Crippen LogP contribution in [0.2, 0.25) is 5.02 Å². The van der Waals surface area contributed by atoms with Crippen molar-refractivity contribution in [2.75, 3.05) is 37.6 Å². The lowest BCUT2D eigenvalue weighted by Crippen LogP contribution is -2.55. The van der Waals surface area contributed by atoms with Crippen LogP contribution >= 0.6 is 36.4 Å². The molecule has 2 heterocycles. The molecule has 1 aromatic heterocycles. The fourth-order valence-electron chi connectivity index (χ4n) is 3.20. The molecule has 1 aromatic rings. The van der Waals surface area contributed by atoms with E-state index < -0.39 is 17.2 Å². The minimum Gasteiger partial charge on any atom is -0.352 e. The molecule has 0 aromatic carbocycles. The summed E-state index contributed by atoms with van der Waals surface area (Å²) in [6.07, 6.45) is -2.35. The number of nitrogens with zero attached hydrogens (tertiary/aromatic N) is 3. The number of carbonyl (C=O) groups excluding carboxylic acids is 1. The summed E-state index contributed by atoms with van der Waals surface area (Å²) in [5.41, 5.74) is 4.42. The number of hydrogen-bond donors (Lipinski definition) is 1. The summed E-state index contributed by atoms with van der Waals surface area (Å²) in [5.74, 6) is 0.346. The number of aromatic nitrogens is 1. The fraction of sp³-hybridized carbons (Fsp3) is 0.647. The van der Waals surface area contributed by atoms with Crippen LogP contribution in [0.5, 0.6) is 0 Å². The molecular weight excluding hydrogens is 440 g/mol. The predicted octanol–water partition coefficient (Wildman–Crippen LogP) is 4.01. The average molecular weight is 466 g/mol. The van der Waals surface area contributed by atoms with Crippen LogP contribution in [0.25, 0.3) is 0 Å². The molecule has 0 unspecified atom stereocenters. The largest absolute Gasteiger partial charge is 0.417 e. The van der Waals surface area contributed by atoms with Gasteiger partial charge in [-0.15, -0.1) is 24.8 Å². The third-order valence-corrected chi connectivity index (χ3v) is 5.49. The summed E-state index contributed by atoms with van der Waals surface area (Å²) in [5, 5.41) is -0.0435. The lowest BCUT2D eigenvalue weighted by molar-refractivity contribution is -0.142. The summed E-state index contributed by atoms with van der Waals surface area (Å²) >= 11 is 6.01. The van der Waals surface area contributed by atoms with Gasteiger partial charge in [-0.1, -0.05) is 25.4 Å². The van der Waals surface area contributed by atoms with E-state index in [4.69, 9.17) is 17.3 Å². The van der Waals surface area contributed by atoms with Gasteiger partial charge in [0.25, 0.3) is 0 Å². The van der Waals surface area contributed by atoms with Gasteiger partial charge in [-0.25, -0.2) is 4.98 Å². The Balaban J connectivity index is 0.00000364. The molecular formula is C17H26Cl3F3N4O. The lowest BCUT2D eigenvalue weighted by Gasteiger charge is -2.40. The molecule has 1 aliphatic rings. The maximum Gasteiger partial charge on any atom is 0.417 e. The number of halogens is 6. The van der Waals surface area contributed by atoms with E-state index in [1.54, 1.807) is 9.80 Å². The Bertz CT molecular complexity index is 641. The molecule has 1 fully saturated rings. The quantitative estimate of drug-likeness (QED) is 0.714. The number of alkyl halides is 3. The van der Waals surface area contributed by atoms with Crippen LogP contribution in [0, 0.1) is 5.41 Å². The molecule has 0 aliphatic carbocycles. The van der Waals surface area contributed by atoms with Crippen molar-refractivity contribution in [2.24, 2.45) is 11.1 Å². The molecule has 28 heavy (non-hydrogen) atoms. The molecule has 11 heteroatoms. The van der Waals surface area contributed by atoms with Crippen LogP contribution in [-0.4, -0.2) is 48.5 Å². The SMILES string of the molecule is CCC(CC)(CN)C(=O)N1CCN(c2ncc(C(F)(F)F)cc2Cl)CC1.Cl.Cl. The first kappa shape index (κ1) is 27.0. The smallest absolute Gasteiger partial charge is 0.352 e. The van der Waals surface area contributed by atoms with E-state index in [0.717, 1.165) is 12.3 Å². The van der Waals surface area contributed by atoms with Gasteiger partial charge in [-0.2, -0.15) is 13.2 Å². The number of pyridine rings is 1. The minimum atomic E-state index is -4.48. The Morgan fingerprint density at radius 3 is 2.11 bits per heavy atom. The molecule has 2 N–H and O–H groups in total. The number of piperazine rings is 1. The molecule has 0 atom stereocenters. The van der Waals surface area contributed by atoms with E-state index in [1.165, 1.54) is 0 Å². The van der Waals surface area contributed by atoms with Gasteiger partial charge >= 0.3 is 6.18 Å². The normalized spacial score (nSPS) is 15.0. The number of rotatable bonds is 5. The zero-order chi connectivity index (χ0) is 19.5. The fourth-order valence-corrected chi connectivity index (χ4v) is 3.49. The lowest BCUT2D eigenvalue weighted by atomic mass is 9.81. The van der Waals surface area contributed by atoms with Gasteiger partial charge in [-0.3, -0.25) is 4.79 Å². The van der Waals surface area contributed by atoms with Crippen LogP contribution in [0.3, 0.4) is 0 Å². The van der Waals surface area contributed by atoms with E-state index in [-0.39, 0.29) is 35.7 Å². The molecule has 0 radical (unpaired) electrons. The number of nitrogens with two attached hydrogens (primary N) is 1. The van der Waals surface area contributed by atoms with Gasteiger partial charge in [0.05, 0.1) is 16.0 Å². The maximum absolute atomic E-state index is 12.8. The van der Waals surface area contributed by atoms with E-state index in [9.17, 15) is 18.0 Å². The molecule has 1 amide bonds. The second-order valence-electron chi connectivity index (χ2n) is 6.50. The first-order valence-corrected chi connectivity index (χ1v) is 9.03. The highest BCUT2D eigenvalue weighted by atomic mass is 35.5. The molecule has 5 nitrogen and oxygen atoms in total. The number of carbonyl (C=O) groups is 1. The Kier molecular flexibility index (Phi) is 10.3. The van der Waals surface area contributed by atoms with E-state index in [2.05, 4.69) is 4.98 Å². The Morgan fingerprint density at radius 2 is 1.71 bits per heavy atom. The second-order valence-corrected chi connectivity index (χ2v) is 6.91. The summed E-state index contributed by atoms with van der Waals surface area (Å²) in [7, 11) is 0. The minimum absolute atomic E-state index is 0. The second kappa shape index (κ2) is 10.7. The van der Waals surface area contributed by atoms with Crippen molar-refractivity contribution < 1.29 is 18.0 Å². The molecule has 0 spiro atoms. The summed E-state index contributed by atoms with van der Waals surface area (Å²) in [4.78, 5) is 20.3. The van der Waals surface area contributed by atoms with Crippen molar-refractivity contribution >= 4 is 48.1 Å². The highest BCUT2D eigenvalue weighted by Gasteiger charge is 2.38. The zero-order valence-electron chi connectivity index (χ0n) is 15.8. The van der Waals surface area contributed by atoms with Gasteiger partial charge in [-0.05, 0) is 18.9 Å². The summed E-state index contributed by atoms with van der Waals surface area (Å²) < 4.78 is 38.2. The van der Waals surface area contributed by atoms with Crippen molar-refractivity contribution in [3.63, 3.8) is 0 Å². The van der Waals surface area contributed by atoms with Crippen molar-refractivity contribution in [3.8, 4) is 0 Å². The van der Waals surface area contributed by atoms with Gasteiger partial charge < -0.3 is 15.5 Å². The van der Waals surface area contributed by atoms with E-state index in [0.29, 0.717) is 51.4 Å². The van der Waals surface area contributed by atoms with Crippen LogP contribution in [-0.2, 0) is 11.0 Å². The summed E-state index contributed by atoms with van der Waals surface area (Å²) in [6, 6.07) is 0.884. The maximum atomic E-state index is 12.8. The van der Waals surface area contributed by atoms with Crippen molar-refractivity contribution in [1.82, 2.24) is 9.88 Å². The number of amides is 1. The molecule has 0 bridgehead atoms. The Labute approximate surface area is 180 Å². The van der Waals surface area contributed by atoms with E-state index >= 15 is 0 Å². The first-order chi connectivity index (χ1) is 12.2. The first-order valence-electron chi connectivity index (χ1n) is 8.65. The van der Waals surface area contributed by atoms with Gasteiger partial charge in [0.15, 0.2) is 0 Å². The monoisotopic (exact) mass is 464 g/mol. The third-order valence-electron chi connectivity index (χ3n) is 5.21. The highest BCUT2D eigenvalue weighted by molar-refractivity contribution is 6.33. The van der Waals surface area contributed by atoms with Crippen molar-refractivity contribution in [3.05, 3.63) is 22.8 Å².